The number of hydrogen-bond donors (Lipinski definition) is 1. The van der Waals surface area contributed by atoms with Crippen molar-refractivity contribution >= 4 is 34.8 Å². The van der Waals surface area contributed by atoms with Gasteiger partial charge in [0.15, 0.2) is 0 Å². The first-order valence-corrected chi connectivity index (χ1v) is 5.06. The van der Waals surface area contributed by atoms with E-state index in [0.717, 1.165) is 18.5 Å². The average Bonchev–Trinajstić information content (AvgIpc) is 2.09. The van der Waals surface area contributed by atoms with Crippen LogP contribution in [0.5, 0.6) is 0 Å². The lowest BCUT2D eigenvalue weighted by Crippen LogP contribution is -2.10. The van der Waals surface area contributed by atoms with Crippen molar-refractivity contribution in [2.24, 2.45) is 0 Å². The first kappa shape index (κ1) is 11.1. The van der Waals surface area contributed by atoms with Gasteiger partial charge in [0.1, 0.15) is 0 Å². The molecule has 0 saturated heterocycles. The predicted octanol–water partition coefficient (Wildman–Crippen LogP) is 3.41. The van der Waals surface area contributed by atoms with Crippen molar-refractivity contribution in [3.63, 3.8) is 0 Å². The Kier molecular flexibility index (Phi) is 4.33. The van der Waals surface area contributed by atoms with E-state index in [0.29, 0.717) is 15.1 Å². The maximum absolute atomic E-state index is 5.97. The van der Waals surface area contributed by atoms with Crippen LogP contribution in [0.3, 0.4) is 0 Å². The zero-order valence-corrected chi connectivity index (χ0v) is 9.47. The number of rotatable bonds is 3. The molecule has 0 aliphatic heterocycles. The van der Waals surface area contributed by atoms with E-state index in [1.54, 1.807) is 6.07 Å². The summed E-state index contributed by atoms with van der Waals surface area (Å²) in [6.07, 6.45) is 0.853. The molecule has 0 fully saturated rings. The Balaban J connectivity index is 2.88. The van der Waals surface area contributed by atoms with Crippen molar-refractivity contribution in [2.75, 3.05) is 13.6 Å². The fraction of sp³-hybridized carbons (Fsp3) is 0.333. The topological polar surface area (TPSA) is 12.0 Å². The summed E-state index contributed by atoms with van der Waals surface area (Å²) in [7, 11) is 1.89. The van der Waals surface area contributed by atoms with E-state index in [9.17, 15) is 0 Å². The smallest absolute Gasteiger partial charge is 0.0607 e. The van der Waals surface area contributed by atoms with Gasteiger partial charge in [0, 0.05) is 5.02 Å². The predicted molar refractivity (Wildman–Crippen MR) is 59.1 cm³/mol. The molecule has 0 atom stereocenters. The van der Waals surface area contributed by atoms with Crippen LogP contribution in [0.15, 0.2) is 12.1 Å². The molecule has 1 nitrogen and oxygen atoms in total. The maximum Gasteiger partial charge on any atom is 0.0607 e. The summed E-state index contributed by atoms with van der Waals surface area (Å²) >= 11 is 17.6. The third kappa shape index (κ3) is 3.03. The molecule has 72 valence electrons. The highest BCUT2D eigenvalue weighted by molar-refractivity contribution is 6.43. The molecule has 0 aliphatic rings. The summed E-state index contributed by atoms with van der Waals surface area (Å²) in [6, 6.07) is 3.49. The monoisotopic (exact) mass is 237 g/mol. The largest absolute Gasteiger partial charge is 0.319 e. The second-order valence-corrected chi connectivity index (χ2v) is 3.93. The van der Waals surface area contributed by atoms with Crippen LogP contribution < -0.4 is 5.32 Å². The molecule has 0 heterocycles. The van der Waals surface area contributed by atoms with E-state index in [-0.39, 0.29) is 0 Å². The van der Waals surface area contributed by atoms with Crippen LogP contribution in [0.25, 0.3) is 0 Å². The van der Waals surface area contributed by atoms with E-state index >= 15 is 0 Å². The third-order valence-electron chi connectivity index (χ3n) is 1.73. The maximum atomic E-state index is 5.97. The Labute approximate surface area is 93.0 Å². The van der Waals surface area contributed by atoms with Crippen molar-refractivity contribution < 1.29 is 0 Å². The Morgan fingerprint density at radius 3 is 2.31 bits per heavy atom. The minimum absolute atomic E-state index is 0.500. The first-order valence-electron chi connectivity index (χ1n) is 3.93. The standard InChI is InChI=1S/C9H10Cl3N/c1-13-3-2-6-4-8(11)9(12)5-7(6)10/h4-5,13H,2-3H2,1H3. The van der Waals surface area contributed by atoms with Gasteiger partial charge in [-0.1, -0.05) is 34.8 Å². The van der Waals surface area contributed by atoms with Crippen LogP contribution >= 0.6 is 34.8 Å². The lowest BCUT2D eigenvalue weighted by molar-refractivity contribution is 0.792. The summed E-state index contributed by atoms with van der Waals surface area (Å²) in [4.78, 5) is 0. The molecule has 0 aliphatic carbocycles. The van der Waals surface area contributed by atoms with E-state index in [2.05, 4.69) is 5.32 Å². The minimum Gasteiger partial charge on any atom is -0.319 e. The van der Waals surface area contributed by atoms with Crippen LogP contribution in [0.2, 0.25) is 15.1 Å². The van der Waals surface area contributed by atoms with Crippen molar-refractivity contribution in [2.45, 2.75) is 6.42 Å². The molecule has 0 radical (unpaired) electrons. The van der Waals surface area contributed by atoms with Crippen LogP contribution in [0.1, 0.15) is 5.56 Å². The number of benzene rings is 1. The zero-order valence-electron chi connectivity index (χ0n) is 7.20. The molecular formula is C9H10Cl3N. The van der Waals surface area contributed by atoms with Crippen LogP contribution in [-0.4, -0.2) is 13.6 Å². The summed E-state index contributed by atoms with van der Waals surface area (Å²) < 4.78 is 0. The van der Waals surface area contributed by atoms with Crippen LogP contribution in [0, 0.1) is 0 Å². The molecule has 0 bridgehead atoms. The van der Waals surface area contributed by atoms with Gasteiger partial charge >= 0.3 is 0 Å². The SMILES string of the molecule is CNCCc1cc(Cl)c(Cl)cc1Cl. The van der Waals surface area contributed by atoms with Crippen molar-refractivity contribution in [3.8, 4) is 0 Å². The van der Waals surface area contributed by atoms with Gasteiger partial charge in [-0.05, 0) is 37.7 Å². The van der Waals surface area contributed by atoms with E-state index in [1.165, 1.54) is 0 Å². The summed E-state index contributed by atoms with van der Waals surface area (Å²) in [5, 5.41) is 4.77. The summed E-state index contributed by atoms with van der Waals surface area (Å²) in [5.41, 5.74) is 1.02. The highest BCUT2D eigenvalue weighted by Gasteiger charge is 2.04. The van der Waals surface area contributed by atoms with Crippen molar-refractivity contribution in [1.82, 2.24) is 5.32 Å². The number of hydrogen-bond acceptors (Lipinski definition) is 1. The quantitative estimate of drug-likeness (QED) is 0.796. The molecule has 0 saturated carbocycles. The molecule has 0 spiro atoms. The molecule has 4 heteroatoms. The molecule has 1 N–H and O–H groups in total. The summed E-state index contributed by atoms with van der Waals surface area (Å²) in [5.74, 6) is 0. The molecular weight excluding hydrogens is 228 g/mol. The van der Waals surface area contributed by atoms with Crippen molar-refractivity contribution in [3.05, 3.63) is 32.8 Å². The minimum atomic E-state index is 0.500. The third-order valence-corrected chi connectivity index (χ3v) is 2.81. The van der Waals surface area contributed by atoms with Gasteiger partial charge < -0.3 is 5.32 Å². The van der Waals surface area contributed by atoms with E-state index in [4.69, 9.17) is 34.8 Å². The molecule has 0 amide bonds. The van der Waals surface area contributed by atoms with Gasteiger partial charge in [-0.15, -0.1) is 0 Å². The van der Waals surface area contributed by atoms with Crippen molar-refractivity contribution in [1.29, 1.82) is 0 Å². The molecule has 1 aromatic carbocycles. The van der Waals surface area contributed by atoms with E-state index < -0.39 is 0 Å². The Morgan fingerprint density at radius 2 is 1.69 bits per heavy atom. The fourth-order valence-corrected chi connectivity index (χ4v) is 1.68. The zero-order chi connectivity index (χ0) is 9.84. The number of halogens is 3. The Morgan fingerprint density at radius 1 is 1.08 bits per heavy atom. The second-order valence-electron chi connectivity index (χ2n) is 2.71. The highest BCUT2D eigenvalue weighted by Crippen LogP contribution is 2.28. The van der Waals surface area contributed by atoms with Gasteiger partial charge in [0.2, 0.25) is 0 Å². The molecule has 1 rings (SSSR count). The molecule has 0 aromatic heterocycles. The molecule has 13 heavy (non-hydrogen) atoms. The number of nitrogens with one attached hydrogen (secondary N) is 1. The van der Waals surface area contributed by atoms with E-state index in [1.807, 2.05) is 13.1 Å². The Hall–Kier alpha value is 0.0500. The van der Waals surface area contributed by atoms with Gasteiger partial charge in [0.25, 0.3) is 0 Å². The van der Waals surface area contributed by atoms with Crippen LogP contribution in [-0.2, 0) is 6.42 Å². The van der Waals surface area contributed by atoms with Gasteiger partial charge in [-0.25, -0.2) is 0 Å². The molecule has 1 aromatic rings. The van der Waals surface area contributed by atoms with Crippen LogP contribution in [0.4, 0.5) is 0 Å². The highest BCUT2D eigenvalue weighted by atomic mass is 35.5. The van der Waals surface area contributed by atoms with Gasteiger partial charge in [0.05, 0.1) is 10.0 Å². The lowest BCUT2D eigenvalue weighted by atomic mass is 10.1. The lowest BCUT2D eigenvalue weighted by Gasteiger charge is -2.05. The summed E-state index contributed by atoms with van der Waals surface area (Å²) in [6.45, 7) is 0.873. The number of likely N-dealkylation sites (N-methyl/N-ethyl adjacent to an activating group) is 1. The average molecular weight is 239 g/mol. The first-order chi connectivity index (χ1) is 6.15. The Bertz CT molecular complexity index is 299. The normalized spacial score (nSPS) is 10.5. The van der Waals surface area contributed by atoms with Gasteiger partial charge in [-0.2, -0.15) is 0 Å². The molecule has 0 unspecified atom stereocenters. The fourth-order valence-electron chi connectivity index (χ4n) is 1.02. The second kappa shape index (κ2) is 5.06. The van der Waals surface area contributed by atoms with Gasteiger partial charge in [-0.3, -0.25) is 0 Å².